The molecule has 3 heterocycles. The fourth-order valence-electron chi connectivity index (χ4n) is 4.81. The van der Waals surface area contributed by atoms with Gasteiger partial charge in [0.2, 0.25) is 5.91 Å². The Morgan fingerprint density at radius 2 is 1.68 bits per heavy atom. The smallest absolute Gasteiger partial charge is 0.246 e. The zero-order valence-corrected chi connectivity index (χ0v) is 19.8. The van der Waals surface area contributed by atoms with Crippen molar-refractivity contribution in [2.75, 3.05) is 36.4 Å². The van der Waals surface area contributed by atoms with Gasteiger partial charge in [0.05, 0.1) is 11.6 Å². The quantitative estimate of drug-likeness (QED) is 0.496. The molecule has 1 saturated heterocycles. The number of rotatable bonds is 5. The van der Waals surface area contributed by atoms with Crippen LogP contribution in [0, 0.1) is 13.8 Å². The lowest BCUT2D eigenvalue weighted by Crippen LogP contribution is -2.50. The van der Waals surface area contributed by atoms with Crippen molar-refractivity contribution in [2.24, 2.45) is 7.05 Å². The Balaban J connectivity index is 1.37. The average Bonchev–Trinajstić information content (AvgIpc) is 3.21. The summed E-state index contributed by atoms with van der Waals surface area (Å²) in [4.78, 5) is 27.0. The van der Waals surface area contributed by atoms with Crippen LogP contribution in [-0.4, -0.2) is 56.7 Å². The third-order valence-electron chi connectivity index (χ3n) is 6.34. The van der Waals surface area contributed by atoms with Gasteiger partial charge in [-0.15, -0.1) is 0 Å². The molecule has 1 aliphatic rings. The highest BCUT2D eigenvalue weighted by Crippen LogP contribution is 2.28. The van der Waals surface area contributed by atoms with E-state index in [1.165, 1.54) is 0 Å². The van der Waals surface area contributed by atoms with Crippen LogP contribution >= 0.6 is 0 Å². The third-order valence-corrected chi connectivity index (χ3v) is 6.34. The van der Waals surface area contributed by atoms with Gasteiger partial charge in [0.25, 0.3) is 0 Å². The van der Waals surface area contributed by atoms with Crippen molar-refractivity contribution in [3.63, 3.8) is 0 Å². The molecule has 0 saturated carbocycles. The van der Waals surface area contributed by atoms with Crippen molar-refractivity contribution < 1.29 is 4.79 Å². The van der Waals surface area contributed by atoms with Gasteiger partial charge in [-0.25, -0.2) is 9.97 Å². The first-order valence-electron chi connectivity index (χ1n) is 11.6. The average molecular weight is 456 g/mol. The van der Waals surface area contributed by atoms with E-state index in [4.69, 9.17) is 0 Å². The largest absolute Gasteiger partial charge is 0.353 e. The number of aryl methyl sites for hydroxylation is 3. The second-order valence-corrected chi connectivity index (χ2v) is 8.90. The molecule has 4 aromatic rings. The number of hydrogen-bond acceptors (Lipinski definition) is 6. The van der Waals surface area contributed by atoms with Crippen LogP contribution in [0.1, 0.15) is 22.7 Å². The summed E-state index contributed by atoms with van der Waals surface area (Å²) >= 11 is 0. The maximum Gasteiger partial charge on any atom is 0.246 e. The number of hydrogen-bond donors (Lipinski definition) is 1. The van der Waals surface area contributed by atoms with Gasteiger partial charge in [-0.1, -0.05) is 36.4 Å². The number of piperazine rings is 1. The Kier molecular flexibility index (Phi) is 5.98. The van der Waals surface area contributed by atoms with E-state index in [1.54, 1.807) is 11.0 Å². The molecule has 2 aromatic heterocycles. The summed E-state index contributed by atoms with van der Waals surface area (Å²) < 4.78 is 1.76. The van der Waals surface area contributed by atoms with Crippen LogP contribution in [0.4, 0.5) is 11.5 Å². The molecule has 0 radical (unpaired) electrons. The molecule has 0 bridgehead atoms. The number of benzene rings is 2. The summed E-state index contributed by atoms with van der Waals surface area (Å²) in [5.74, 6) is 0.884. The van der Waals surface area contributed by atoms with Crippen molar-refractivity contribution in [3.05, 3.63) is 77.7 Å². The summed E-state index contributed by atoms with van der Waals surface area (Å²) in [6.45, 7) is 7.10. The van der Waals surface area contributed by atoms with Gasteiger partial charge in [0.1, 0.15) is 18.2 Å². The number of nitrogens with zero attached hydrogens (tertiary/aromatic N) is 6. The van der Waals surface area contributed by atoms with E-state index in [-0.39, 0.29) is 11.9 Å². The molecule has 1 fully saturated rings. The Labute approximate surface area is 199 Å². The molecule has 1 unspecified atom stereocenters. The Hall–Kier alpha value is -3.78. The number of fused-ring (bicyclic) bond motifs is 1. The molecule has 2 aromatic carbocycles. The van der Waals surface area contributed by atoms with E-state index in [9.17, 15) is 4.79 Å². The summed E-state index contributed by atoms with van der Waals surface area (Å²) in [7, 11) is 1.88. The standard InChI is InChI=1S/C26H29N7O/c1-18-13-19(2)15-21(14-18)30-26(34)23(20-7-5-4-6-8-20)32-9-11-33(12-10-32)25-22-16-29-31(3)24(22)27-17-28-25/h4-8,13-17,23H,9-12H2,1-3H3,(H,30,34). The number of carbonyl (C=O) groups is 1. The first-order valence-corrected chi connectivity index (χ1v) is 11.6. The predicted molar refractivity (Wildman–Crippen MR) is 134 cm³/mol. The molecule has 34 heavy (non-hydrogen) atoms. The van der Waals surface area contributed by atoms with Gasteiger partial charge < -0.3 is 10.2 Å². The molecule has 1 aliphatic heterocycles. The normalized spacial score (nSPS) is 15.4. The van der Waals surface area contributed by atoms with Gasteiger partial charge >= 0.3 is 0 Å². The molecule has 1 N–H and O–H groups in total. The van der Waals surface area contributed by atoms with Crippen molar-refractivity contribution in [2.45, 2.75) is 19.9 Å². The molecule has 1 amide bonds. The maximum absolute atomic E-state index is 13.6. The number of nitrogens with one attached hydrogen (secondary N) is 1. The van der Waals surface area contributed by atoms with Crippen LogP contribution in [0.5, 0.6) is 0 Å². The van der Waals surface area contributed by atoms with Gasteiger partial charge in [-0.2, -0.15) is 5.10 Å². The van der Waals surface area contributed by atoms with Crippen molar-refractivity contribution in [1.82, 2.24) is 24.6 Å². The number of amides is 1. The van der Waals surface area contributed by atoms with Crippen LogP contribution in [0.2, 0.25) is 0 Å². The van der Waals surface area contributed by atoms with Crippen molar-refractivity contribution in [1.29, 1.82) is 0 Å². The summed E-state index contributed by atoms with van der Waals surface area (Å²) in [5.41, 5.74) is 4.91. The fourth-order valence-corrected chi connectivity index (χ4v) is 4.81. The van der Waals surface area contributed by atoms with Gasteiger partial charge in [0, 0.05) is 38.9 Å². The van der Waals surface area contributed by atoms with Crippen molar-refractivity contribution >= 4 is 28.4 Å². The van der Waals surface area contributed by atoms with Gasteiger partial charge in [-0.05, 0) is 42.7 Å². The first-order chi connectivity index (χ1) is 16.5. The lowest BCUT2D eigenvalue weighted by molar-refractivity contribution is -0.121. The third kappa shape index (κ3) is 4.36. The topological polar surface area (TPSA) is 79.2 Å². The highest BCUT2D eigenvalue weighted by molar-refractivity contribution is 5.95. The van der Waals surface area contributed by atoms with E-state index in [2.05, 4.69) is 36.2 Å². The Morgan fingerprint density at radius 3 is 2.38 bits per heavy atom. The minimum atomic E-state index is -0.368. The van der Waals surface area contributed by atoms with E-state index >= 15 is 0 Å². The number of carbonyl (C=O) groups excluding carboxylic acids is 1. The van der Waals surface area contributed by atoms with Crippen LogP contribution in [0.3, 0.4) is 0 Å². The lowest BCUT2D eigenvalue weighted by atomic mass is 10.0. The van der Waals surface area contributed by atoms with Crippen molar-refractivity contribution in [3.8, 4) is 0 Å². The van der Waals surface area contributed by atoms with E-state index in [0.29, 0.717) is 0 Å². The van der Waals surface area contributed by atoms with Gasteiger partial charge in [0.15, 0.2) is 5.65 Å². The molecule has 8 heteroatoms. The summed E-state index contributed by atoms with van der Waals surface area (Å²) in [5, 5.41) is 8.45. The molecular weight excluding hydrogens is 426 g/mol. The zero-order valence-electron chi connectivity index (χ0n) is 19.8. The molecule has 0 spiro atoms. The minimum Gasteiger partial charge on any atom is -0.353 e. The minimum absolute atomic E-state index is 0.0127. The monoisotopic (exact) mass is 455 g/mol. The van der Waals surface area contributed by atoms with E-state index in [0.717, 1.165) is 65.4 Å². The number of aromatic nitrogens is 4. The molecular formula is C26H29N7O. The van der Waals surface area contributed by atoms with Crippen LogP contribution in [0.25, 0.3) is 11.0 Å². The first kappa shape index (κ1) is 22.0. The molecule has 1 atom stereocenters. The van der Waals surface area contributed by atoms with Crippen LogP contribution in [0.15, 0.2) is 61.1 Å². The van der Waals surface area contributed by atoms with Crippen LogP contribution < -0.4 is 10.2 Å². The second kappa shape index (κ2) is 9.23. The highest BCUT2D eigenvalue weighted by atomic mass is 16.2. The lowest BCUT2D eigenvalue weighted by Gasteiger charge is -2.39. The molecule has 174 valence electrons. The molecule has 8 nitrogen and oxygen atoms in total. The fraction of sp³-hybridized carbons (Fsp3) is 0.308. The van der Waals surface area contributed by atoms with Gasteiger partial charge in [-0.3, -0.25) is 14.4 Å². The predicted octanol–water partition coefficient (Wildman–Crippen LogP) is 3.48. The molecule has 0 aliphatic carbocycles. The second-order valence-electron chi connectivity index (χ2n) is 8.90. The highest BCUT2D eigenvalue weighted by Gasteiger charge is 2.31. The Morgan fingerprint density at radius 1 is 0.971 bits per heavy atom. The summed E-state index contributed by atoms with van der Waals surface area (Å²) in [6.07, 6.45) is 3.41. The van der Waals surface area contributed by atoms with Crippen LogP contribution in [-0.2, 0) is 11.8 Å². The summed E-state index contributed by atoms with van der Waals surface area (Å²) in [6, 6.07) is 15.8. The maximum atomic E-state index is 13.6. The Bertz CT molecular complexity index is 1290. The SMILES string of the molecule is Cc1cc(C)cc(NC(=O)C(c2ccccc2)N2CCN(c3ncnc4c3cnn4C)CC2)c1. The molecule has 5 rings (SSSR count). The van der Waals surface area contributed by atoms with E-state index < -0.39 is 0 Å². The zero-order chi connectivity index (χ0) is 23.7. The van der Waals surface area contributed by atoms with E-state index in [1.807, 2.05) is 69.6 Å². The number of anilines is 2.